The van der Waals surface area contributed by atoms with Crippen LogP contribution >= 0.6 is 0 Å². The molecule has 2 aliphatic heterocycles. The molecule has 32 heavy (non-hydrogen) atoms. The number of ether oxygens (including phenoxy) is 2. The molecule has 1 fully saturated rings. The summed E-state index contributed by atoms with van der Waals surface area (Å²) in [6.45, 7) is 3.84. The summed E-state index contributed by atoms with van der Waals surface area (Å²) < 4.78 is 30.1. The van der Waals surface area contributed by atoms with E-state index in [9.17, 15) is 9.18 Å². The largest absolute Gasteiger partial charge is 0.493 e. The van der Waals surface area contributed by atoms with E-state index in [0.29, 0.717) is 31.2 Å². The zero-order valence-corrected chi connectivity index (χ0v) is 17.6. The Balaban J connectivity index is 1.44. The minimum atomic E-state index is -0.578. The van der Waals surface area contributed by atoms with Crippen molar-refractivity contribution in [1.82, 2.24) is 15.0 Å². The maximum absolute atomic E-state index is 13.6. The highest BCUT2D eigenvalue weighted by molar-refractivity contribution is 5.87. The Morgan fingerprint density at radius 1 is 1.12 bits per heavy atom. The Morgan fingerprint density at radius 3 is 2.69 bits per heavy atom. The smallest absolute Gasteiger partial charge is 0.438 e. The van der Waals surface area contributed by atoms with Gasteiger partial charge in [-0.2, -0.15) is 0 Å². The van der Waals surface area contributed by atoms with Crippen LogP contribution in [-0.4, -0.2) is 47.9 Å². The van der Waals surface area contributed by atoms with Crippen molar-refractivity contribution in [2.45, 2.75) is 19.3 Å². The van der Waals surface area contributed by atoms with Crippen molar-refractivity contribution in [2.24, 2.45) is 0 Å². The Morgan fingerprint density at radius 2 is 1.94 bits per heavy atom. The van der Waals surface area contributed by atoms with E-state index in [-0.39, 0.29) is 5.82 Å². The summed E-state index contributed by atoms with van der Waals surface area (Å²) in [6.07, 6.45) is 2.84. The summed E-state index contributed by atoms with van der Waals surface area (Å²) in [4.78, 5) is 16.0. The van der Waals surface area contributed by atoms with Crippen LogP contribution in [0.15, 0.2) is 57.4 Å². The van der Waals surface area contributed by atoms with Gasteiger partial charge in [-0.3, -0.25) is 14.4 Å². The predicted molar refractivity (Wildman–Crippen MR) is 116 cm³/mol. The van der Waals surface area contributed by atoms with Crippen LogP contribution in [0.4, 0.5) is 4.39 Å². The van der Waals surface area contributed by atoms with E-state index >= 15 is 0 Å². The van der Waals surface area contributed by atoms with Crippen molar-refractivity contribution in [2.75, 3.05) is 32.8 Å². The molecule has 0 amide bonds. The first-order valence-corrected chi connectivity index (χ1v) is 10.8. The van der Waals surface area contributed by atoms with Crippen molar-refractivity contribution < 1.29 is 18.4 Å². The number of H-pyrrole nitrogens is 1. The van der Waals surface area contributed by atoms with E-state index in [1.807, 2.05) is 30.3 Å². The van der Waals surface area contributed by atoms with E-state index < -0.39 is 5.76 Å². The molecule has 0 radical (unpaired) electrons. The van der Waals surface area contributed by atoms with Gasteiger partial charge in [-0.25, -0.2) is 9.18 Å². The first-order chi connectivity index (χ1) is 15.7. The zero-order chi connectivity index (χ0) is 21.9. The number of aromatic nitrogens is 2. The van der Waals surface area contributed by atoms with Gasteiger partial charge in [0.15, 0.2) is 5.82 Å². The fourth-order valence-electron chi connectivity index (χ4n) is 4.29. The molecule has 5 rings (SSSR count). The van der Waals surface area contributed by atoms with Gasteiger partial charge in [0.05, 0.1) is 6.61 Å². The lowest BCUT2D eigenvalue weighted by molar-refractivity contribution is 0.303. The fourth-order valence-corrected chi connectivity index (χ4v) is 4.29. The van der Waals surface area contributed by atoms with E-state index in [1.54, 1.807) is 0 Å². The molecule has 0 unspecified atom stereocenters. The second-order valence-corrected chi connectivity index (χ2v) is 8.06. The van der Waals surface area contributed by atoms with Gasteiger partial charge in [0.2, 0.25) is 0 Å². The van der Waals surface area contributed by atoms with Crippen LogP contribution in [0.3, 0.4) is 0 Å². The monoisotopic (exact) mass is 437 g/mol. The van der Waals surface area contributed by atoms with Crippen LogP contribution in [0.25, 0.3) is 5.57 Å². The average Bonchev–Trinajstić information content (AvgIpc) is 3.46. The summed E-state index contributed by atoms with van der Waals surface area (Å²) in [6, 6.07) is 12.3. The average molecular weight is 437 g/mol. The topological polar surface area (TPSA) is 80.6 Å². The van der Waals surface area contributed by atoms with E-state index in [0.717, 1.165) is 42.1 Å². The van der Waals surface area contributed by atoms with Crippen molar-refractivity contribution in [3.8, 4) is 11.5 Å². The zero-order valence-electron chi connectivity index (χ0n) is 17.6. The van der Waals surface area contributed by atoms with Crippen molar-refractivity contribution in [3.05, 3.63) is 81.4 Å². The van der Waals surface area contributed by atoms with Crippen LogP contribution in [-0.2, 0) is 6.42 Å². The van der Waals surface area contributed by atoms with E-state index in [4.69, 9.17) is 9.47 Å². The van der Waals surface area contributed by atoms with Gasteiger partial charge in [0.25, 0.3) is 0 Å². The third-order valence-corrected chi connectivity index (χ3v) is 5.81. The number of rotatable bonds is 7. The Labute approximate surface area is 184 Å². The highest BCUT2D eigenvalue weighted by Gasteiger charge is 2.25. The second-order valence-electron chi connectivity index (χ2n) is 8.06. The van der Waals surface area contributed by atoms with Crippen LogP contribution in [0.1, 0.15) is 29.8 Å². The quantitative estimate of drug-likeness (QED) is 0.610. The molecular formula is C24H24FN3O4. The summed E-state index contributed by atoms with van der Waals surface area (Å²) in [5.74, 6) is 1.07. The Hall–Kier alpha value is -3.39. The third-order valence-electron chi connectivity index (χ3n) is 5.81. The molecule has 1 N–H and O–H groups in total. The van der Waals surface area contributed by atoms with Gasteiger partial charge in [0, 0.05) is 18.5 Å². The first kappa shape index (κ1) is 20.5. The Bertz CT molecular complexity index is 1180. The number of fused-ring (bicyclic) bond motifs is 1. The number of nitrogens with one attached hydrogen (secondary N) is 1. The Kier molecular flexibility index (Phi) is 5.77. The summed E-state index contributed by atoms with van der Waals surface area (Å²) in [5.41, 5.74) is 4.15. The van der Waals surface area contributed by atoms with E-state index in [1.165, 1.54) is 30.5 Å². The van der Waals surface area contributed by atoms with Gasteiger partial charge in [-0.15, -0.1) is 0 Å². The standard InChI is InChI=1S/C24H24FN3O4/c25-18-5-3-16(4-6-18)23-17(14-28-10-1-2-11-28)15-31-21-8-7-19(13-20(21)23)30-12-9-22-26-24(29)32-27-22/h3-8,13H,1-2,9-12,14-15H2,(H,26,27,29). The highest BCUT2D eigenvalue weighted by atomic mass is 19.1. The molecule has 2 aromatic carbocycles. The molecule has 1 aromatic heterocycles. The van der Waals surface area contributed by atoms with Crippen LogP contribution in [0.2, 0.25) is 0 Å². The molecule has 0 saturated carbocycles. The highest BCUT2D eigenvalue weighted by Crippen LogP contribution is 2.40. The van der Waals surface area contributed by atoms with Gasteiger partial charge in [-0.1, -0.05) is 17.3 Å². The van der Waals surface area contributed by atoms with Crippen molar-refractivity contribution in [1.29, 1.82) is 0 Å². The molecule has 1 saturated heterocycles. The number of hydrogen-bond acceptors (Lipinski definition) is 6. The fraction of sp³-hybridized carbons (Fsp3) is 0.333. The van der Waals surface area contributed by atoms with Crippen LogP contribution in [0.5, 0.6) is 11.5 Å². The molecule has 0 atom stereocenters. The number of likely N-dealkylation sites (tertiary alicyclic amines) is 1. The molecule has 3 aromatic rings. The number of benzene rings is 2. The normalized spacial score (nSPS) is 16.2. The maximum atomic E-state index is 13.6. The molecule has 8 heteroatoms. The molecule has 0 spiro atoms. The van der Waals surface area contributed by atoms with Crippen LogP contribution < -0.4 is 15.2 Å². The summed E-state index contributed by atoms with van der Waals surface area (Å²) in [7, 11) is 0. The SMILES string of the molecule is O=c1[nH]c(CCOc2ccc3c(c2)C(c2ccc(F)cc2)=C(CN2CCCC2)CO3)no1. The summed E-state index contributed by atoms with van der Waals surface area (Å²) >= 11 is 0. The molecule has 2 aliphatic rings. The lowest BCUT2D eigenvalue weighted by atomic mass is 9.90. The van der Waals surface area contributed by atoms with Gasteiger partial charge >= 0.3 is 5.76 Å². The number of hydrogen-bond donors (Lipinski definition) is 1. The van der Waals surface area contributed by atoms with Crippen molar-refractivity contribution in [3.63, 3.8) is 0 Å². The third kappa shape index (κ3) is 4.45. The van der Waals surface area contributed by atoms with E-state index in [2.05, 4.69) is 19.6 Å². The second kappa shape index (κ2) is 9.00. The molecule has 3 heterocycles. The summed E-state index contributed by atoms with van der Waals surface area (Å²) in [5, 5.41) is 3.65. The van der Waals surface area contributed by atoms with Gasteiger partial charge in [0.1, 0.15) is 23.9 Å². The molecule has 0 bridgehead atoms. The maximum Gasteiger partial charge on any atom is 0.438 e. The predicted octanol–water partition coefficient (Wildman–Crippen LogP) is 3.41. The number of aromatic amines is 1. The minimum absolute atomic E-state index is 0.259. The molecule has 0 aliphatic carbocycles. The first-order valence-electron chi connectivity index (χ1n) is 10.8. The van der Waals surface area contributed by atoms with Gasteiger partial charge < -0.3 is 9.47 Å². The number of halogens is 1. The molecule has 7 nitrogen and oxygen atoms in total. The number of nitrogens with zero attached hydrogens (tertiary/aromatic N) is 2. The van der Waals surface area contributed by atoms with Gasteiger partial charge in [-0.05, 0) is 73.0 Å². The van der Waals surface area contributed by atoms with Crippen molar-refractivity contribution >= 4 is 5.57 Å². The minimum Gasteiger partial charge on any atom is -0.493 e. The molecule has 166 valence electrons. The van der Waals surface area contributed by atoms with Crippen LogP contribution in [0, 0.1) is 5.82 Å². The molecular weight excluding hydrogens is 413 g/mol. The lowest BCUT2D eigenvalue weighted by Gasteiger charge is -2.27. The lowest BCUT2D eigenvalue weighted by Crippen LogP contribution is -2.26.